The molecule has 0 saturated carbocycles. The van der Waals surface area contributed by atoms with Gasteiger partial charge in [-0.2, -0.15) is 0 Å². The molecule has 7 aromatic rings. The molecule has 1 unspecified atom stereocenters. The molecule has 176 valence electrons. The summed E-state index contributed by atoms with van der Waals surface area (Å²) in [7, 11) is 0. The van der Waals surface area contributed by atoms with Gasteiger partial charge in [0.15, 0.2) is 0 Å². The summed E-state index contributed by atoms with van der Waals surface area (Å²) in [5.74, 6) is 2.38. The molecule has 36 heavy (non-hydrogen) atoms. The molecule has 3 aromatic carbocycles. The van der Waals surface area contributed by atoms with Crippen molar-refractivity contribution in [2.45, 2.75) is 33.1 Å². The molecule has 4 aromatic heterocycles. The minimum absolute atomic E-state index is 0.403. The van der Waals surface area contributed by atoms with Crippen molar-refractivity contribution in [2.24, 2.45) is 0 Å². The Labute approximate surface area is 212 Å². The number of imidazole rings is 2. The van der Waals surface area contributed by atoms with Gasteiger partial charge in [0, 0.05) is 43.3 Å². The number of H-pyrrole nitrogens is 2. The highest BCUT2D eigenvalue weighted by Gasteiger charge is 2.17. The first-order chi connectivity index (χ1) is 17.6. The summed E-state index contributed by atoms with van der Waals surface area (Å²) >= 11 is 1.78. The van der Waals surface area contributed by atoms with Crippen molar-refractivity contribution in [1.29, 1.82) is 0 Å². The van der Waals surface area contributed by atoms with Crippen molar-refractivity contribution >= 4 is 54.1 Å². The quantitative estimate of drug-likeness (QED) is 0.262. The highest BCUT2D eigenvalue weighted by Crippen LogP contribution is 2.39. The third-order valence-corrected chi connectivity index (χ3v) is 8.20. The lowest BCUT2D eigenvalue weighted by atomic mass is 10.0. The molecule has 0 amide bonds. The van der Waals surface area contributed by atoms with Gasteiger partial charge in [-0.15, -0.1) is 11.3 Å². The average molecular weight is 488 g/mol. The number of fused-ring (bicyclic) bond motifs is 7. The van der Waals surface area contributed by atoms with Gasteiger partial charge in [-0.05, 0) is 49.1 Å². The van der Waals surface area contributed by atoms with Crippen LogP contribution in [0.15, 0.2) is 66.2 Å². The number of nitrogens with one attached hydrogen (secondary N) is 2. The number of hydrogen-bond donors (Lipinski definition) is 2. The SMILES string of the molecule is CCC(C)c1nc2c3ccsc3c3cc(-c4ccc5cc(-c6cnc(C)[nH]6)ccc5n4)ccc3c2[nH]1. The third kappa shape index (κ3) is 3.25. The van der Waals surface area contributed by atoms with E-state index in [-0.39, 0.29) is 0 Å². The van der Waals surface area contributed by atoms with Gasteiger partial charge in [-0.3, -0.25) is 0 Å². The van der Waals surface area contributed by atoms with E-state index in [9.17, 15) is 0 Å². The predicted molar refractivity (Wildman–Crippen MR) is 151 cm³/mol. The van der Waals surface area contributed by atoms with Crippen molar-refractivity contribution in [3.8, 4) is 22.5 Å². The first-order valence-electron chi connectivity index (χ1n) is 12.3. The predicted octanol–water partition coefficient (Wildman–Crippen LogP) is 8.36. The zero-order valence-electron chi connectivity index (χ0n) is 20.4. The molecule has 0 aliphatic heterocycles. The first-order valence-corrected chi connectivity index (χ1v) is 13.2. The summed E-state index contributed by atoms with van der Waals surface area (Å²) in [6.07, 6.45) is 2.94. The summed E-state index contributed by atoms with van der Waals surface area (Å²) in [4.78, 5) is 21.3. The molecule has 0 spiro atoms. The monoisotopic (exact) mass is 487 g/mol. The van der Waals surface area contributed by atoms with Crippen molar-refractivity contribution in [3.05, 3.63) is 77.8 Å². The molecular formula is C30H25N5S. The van der Waals surface area contributed by atoms with Crippen molar-refractivity contribution in [1.82, 2.24) is 24.9 Å². The molecule has 4 heterocycles. The van der Waals surface area contributed by atoms with E-state index in [4.69, 9.17) is 9.97 Å². The molecule has 1 atom stereocenters. The van der Waals surface area contributed by atoms with Gasteiger partial charge >= 0.3 is 0 Å². The smallest absolute Gasteiger partial charge is 0.110 e. The van der Waals surface area contributed by atoms with Gasteiger partial charge in [0.1, 0.15) is 11.6 Å². The summed E-state index contributed by atoms with van der Waals surface area (Å²) in [6.45, 7) is 6.40. The molecule has 0 radical (unpaired) electrons. The fraction of sp³-hybridized carbons (Fsp3) is 0.167. The van der Waals surface area contributed by atoms with E-state index in [2.05, 4.69) is 88.8 Å². The zero-order chi connectivity index (χ0) is 24.4. The number of rotatable bonds is 4. The van der Waals surface area contributed by atoms with Crippen LogP contribution in [-0.2, 0) is 0 Å². The standard InChI is InChI=1S/C30H25N5S/c1-4-16(2)30-34-27-21-8-5-20(14-23(21)29-22(11-12-36-29)28(27)35-30)25-9-6-18-13-19(7-10-24(18)33-25)26-15-31-17(3)32-26/h5-16H,4H2,1-3H3,(H,31,32)(H,34,35). The summed E-state index contributed by atoms with van der Waals surface area (Å²) in [5, 5.41) is 6.96. The number of pyridine rings is 1. The lowest BCUT2D eigenvalue weighted by molar-refractivity contribution is 0.692. The highest BCUT2D eigenvalue weighted by molar-refractivity contribution is 7.18. The molecule has 0 bridgehead atoms. The molecular weight excluding hydrogens is 462 g/mol. The molecule has 0 fully saturated rings. The van der Waals surface area contributed by atoms with Gasteiger partial charge in [0.2, 0.25) is 0 Å². The van der Waals surface area contributed by atoms with Crippen LogP contribution in [0.2, 0.25) is 0 Å². The summed E-state index contributed by atoms with van der Waals surface area (Å²) < 4.78 is 1.28. The summed E-state index contributed by atoms with van der Waals surface area (Å²) in [5.41, 5.74) is 7.42. The van der Waals surface area contributed by atoms with Crippen LogP contribution in [0, 0.1) is 6.92 Å². The maximum atomic E-state index is 5.02. The Bertz CT molecular complexity index is 1920. The van der Waals surface area contributed by atoms with Crippen LogP contribution >= 0.6 is 11.3 Å². The fourth-order valence-electron chi connectivity index (χ4n) is 5.04. The minimum Gasteiger partial charge on any atom is -0.342 e. The van der Waals surface area contributed by atoms with Crippen LogP contribution in [0.4, 0.5) is 0 Å². The maximum absolute atomic E-state index is 5.02. The lowest BCUT2D eigenvalue weighted by Crippen LogP contribution is -1.93. The molecule has 2 N–H and O–H groups in total. The van der Waals surface area contributed by atoms with Crippen molar-refractivity contribution in [2.75, 3.05) is 0 Å². The Kier molecular flexibility index (Phi) is 4.73. The average Bonchev–Trinajstić information content (AvgIpc) is 3.66. The Morgan fingerprint density at radius 3 is 2.61 bits per heavy atom. The molecule has 7 rings (SSSR count). The van der Waals surface area contributed by atoms with Crippen LogP contribution < -0.4 is 0 Å². The number of thiophene rings is 1. The van der Waals surface area contributed by atoms with E-state index in [1.54, 1.807) is 11.3 Å². The second-order valence-electron chi connectivity index (χ2n) is 9.56. The van der Waals surface area contributed by atoms with Crippen LogP contribution in [0.3, 0.4) is 0 Å². The van der Waals surface area contributed by atoms with Crippen LogP contribution in [0.1, 0.15) is 37.8 Å². The van der Waals surface area contributed by atoms with Gasteiger partial charge < -0.3 is 9.97 Å². The van der Waals surface area contributed by atoms with Crippen molar-refractivity contribution in [3.63, 3.8) is 0 Å². The van der Waals surface area contributed by atoms with Crippen LogP contribution in [0.5, 0.6) is 0 Å². The van der Waals surface area contributed by atoms with E-state index < -0.39 is 0 Å². The fourth-order valence-corrected chi connectivity index (χ4v) is 5.97. The van der Waals surface area contributed by atoms with Crippen molar-refractivity contribution < 1.29 is 0 Å². The van der Waals surface area contributed by atoms with Crippen LogP contribution in [-0.4, -0.2) is 24.9 Å². The maximum Gasteiger partial charge on any atom is 0.110 e. The minimum atomic E-state index is 0.403. The second kappa shape index (κ2) is 8.00. The van der Waals surface area contributed by atoms with E-state index in [1.165, 1.54) is 20.9 Å². The van der Waals surface area contributed by atoms with E-state index in [1.807, 2.05) is 13.1 Å². The van der Waals surface area contributed by atoms with E-state index in [0.29, 0.717) is 5.92 Å². The van der Waals surface area contributed by atoms with Gasteiger partial charge in [-0.25, -0.2) is 15.0 Å². The highest BCUT2D eigenvalue weighted by atomic mass is 32.1. The Balaban J connectivity index is 1.37. The molecule has 0 aliphatic carbocycles. The van der Waals surface area contributed by atoms with Gasteiger partial charge in [0.05, 0.1) is 34.1 Å². The molecule has 0 saturated heterocycles. The Morgan fingerprint density at radius 1 is 0.889 bits per heavy atom. The largest absolute Gasteiger partial charge is 0.342 e. The normalized spacial score (nSPS) is 12.9. The molecule has 5 nitrogen and oxygen atoms in total. The number of aryl methyl sites for hydroxylation is 1. The summed E-state index contributed by atoms with van der Waals surface area (Å²) in [6, 6.07) is 19.5. The lowest BCUT2D eigenvalue weighted by Gasteiger charge is -2.08. The topological polar surface area (TPSA) is 70.2 Å². The number of nitrogens with zero attached hydrogens (tertiary/aromatic N) is 3. The van der Waals surface area contributed by atoms with E-state index in [0.717, 1.165) is 62.5 Å². The second-order valence-corrected chi connectivity index (χ2v) is 10.5. The molecule has 6 heteroatoms. The van der Waals surface area contributed by atoms with Crippen LogP contribution in [0.25, 0.3) is 65.3 Å². The first kappa shape index (κ1) is 21.3. The number of aromatic amines is 2. The Hall–Kier alpha value is -4.03. The number of aromatic nitrogens is 5. The zero-order valence-corrected chi connectivity index (χ0v) is 21.2. The van der Waals surface area contributed by atoms with E-state index >= 15 is 0 Å². The molecule has 0 aliphatic rings. The Morgan fingerprint density at radius 2 is 1.78 bits per heavy atom. The number of benzene rings is 3. The third-order valence-electron chi connectivity index (χ3n) is 7.25. The van der Waals surface area contributed by atoms with Gasteiger partial charge in [-0.1, -0.05) is 38.1 Å². The number of hydrogen-bond acceptors (Lipinski definition) is 4. The van der Waals surface area contributed by atoms with Gasteiger partial charge in [0.25, 0.3) is 0 Å².